The standard InChI is InChI=1S/C14H21N3O2/c1-8(2)11(15)7-13(18)17-12-6-4-5-10(9(12)3)14(16)19/h4-6,8,11H,7,15H2,1-3H3,(H2,16,19)(H,17,18). The number of hydrogen-bond acceptors (Lipinski definition) is 3. The van der Waals surface area contributed by atoms with Gasteiger partial charge in [0.1, 0.15) is 0 Å². The molecule has 5 N–H and O–H groups in total. The molecule has 1 atom stereocenters. The zero-order chi connectivity index (χ0) is 14.6. The Kier molecular flexibility index (Phi) is 5.06. The fraction of sp³-hybridized carbons (Fsp3) is 0.429. The maximum Gasteiger partial charge on any atom is 0.249 e. The molecule has 5 nitrogen and oxygen atoms in total. The van der Waals surface area contributed by atoms with E-state index in [1.54, 1.807) is 25.1 Å². The third-order valence-corrected chi connectivity index (χ3v) is 3.15. The van der Waals surface area contributed by atoms with Gasteiger partial charge in [-0.25, -0.2) is 0 Å². The molecule has 0 aliphatic rings. The Morgan fingerprint density at radius 3 is 2.47 bits per heavy atom. The first-order valence-corrected chi connectivity index (χ1v) is 6.27. The zero-order valence-electron chi connectivity index (χ0n) is 11.6. The lowest BCUT2D eigenvalue weighted by molar-refractivity contribution is -0.116. The molecule has 0 fully saturated rings. The van der Waals surface area contributed by atoms with Gasteiger partial charge in [0, 0.05) is 23.7 Å². The number of hydrogen-bond donors (Lipinski definition) is 3. The second-order valence-electron chi connectivity index (χ2n) is 5.00. The molecule has 0 saturated heterocycles. The Bertz CT molecular complexity index is 484. The minimum Gasteiger partial charge on any atom is -0.366 e. The lowest BCUT2D eigenvalue weighted by atomic mass is 10.0. The lowest BCUT2D eigenvalue weighted by Crippen LogP contribution is -2.31. The van der Waals surface area contributed by atoms with E-state index in [0.717, 1.165) is 0 Å². The molecule has 0 bridgehead atoms. The molecule has 0 aliphatic heterocycles. The second-order valence-corrected chi connectivity index (χ2v) is 5.00. The Morgan fingerprint density at radius 1 is 1.32 bits per heavy atom. The molecular weight excluding hydrogens is 242 g/mol. The van der Waals surface area contributed by atoms with Crippen LogP contribution < -0.4 is 16.8 Å². The monoisotopic (exact) mass is 263 g/mol. The third kappa shape index (κ3) is 4.06. The molecule has 1 aromatic rings. The van der Waals surface area contributed by atoms with Crippen LogP contribution in [0.5, 0.6) is 0 Å². The quantitative estimate of drug-likeness (QED) is 0.749. The van der Waals surface area contributed by atoms with Crippen LogP contribution in [0.3, 0.4) is 0 Å². The fourth-order valence-electron chi connectivity index (χ4n) is 1.69. The van der Waals surface area contributed by atoms with Crippen LogP contribution in [0.25, 0.3) is 0 Å². The number of anilines is 1. The SMILES string of the molecule is Cc1c(NC(=O)CC(N)C(C)C)cccc1C(N)=O. The number of carbonyl (C=O) groups is 2. The van der Waals surface area contributed by atoms with Gasteiger partial charge in [0.25, 0.3) is 0 Å². The van der Waals surface area contributed by atoms with Crippen LogP contribution in [0.2, 0.25) is 0 Å². The van der Waals surface area contributed by atoms with E-state index in [-0.39, 0.29) is 24.3 Å². The van der Waals surface area contributed by atoms with Crippen LogP contribution in [0.1, 0.15) is 36.2 Å². The Morgan fingerprint density at radius 2 is 1.95 bits per heavy atom. The highest BCUT2D eigenvalue weighted by Crippen LogP contribution is 2.19. The summed E-state index contributed by atoms with van der Waals surface area (Å²) in [5, 5.41) is 2.76. The number of carbonyl (C=O) groups excluding carboxylic acids is 2. The van der Waals surface area contributed by atoms with Crippen molar-refractivity contribution in [2.45, 2.75) is 33.2 Å². The van der Waals surface area contributed by atoms with E-state index < -0.39 is 5.91 Å². The van der Waals surface area contributed by atoms with Crippen molar-refractivity contribution < 1.29 is 9.59 Å². The van der Waals surface area contributed by atoms with Gasteiger partial charge in [0.2, 0.25) is 11.8 Å². The molecule has 5 heteroatoms. The molecule has 1 rings (SSSR count). The van der Waals surface area contributed by atoms with E-state index in [0.29, 0.717) is 16.8 Å². The lowest BCUT2D eigenvalue weighted by Gasteiger charge is -2.16. The Balaban J connectivity index is 2.80. The van der Waals surface area contributed by atoms with Crippen molar-refractivity contribution in [1.82, 2.24) is 0 Å². The maximum atomic E-state index is 11.9. The average molecular weight is 263 g/mol. The summed E-state index contributed by atoms with van der Waals surface area (Å²) in [5.41, 5.74) is 12.8. The van der Waals surface area contributed by atoms with E-state index in [4.69, 9.17) is 11.5 Å². The van der Waals surface area contributed by atoms with E-state index in [2.05, 4.69) is 5.32 Å². The molecular formula is C14H21N3O2. The summed E-state index contributed by atoms with van der Waals surface area (Å²) in [6.45, 7) is 5.69. The van der Waals surface area contributed by atoms with Crippen molar-refractivity contribution >= 4 is 17.5 Å². The summed E-state index contributed by atoms with van der Waals surface area (Å²) >= 11 is 0. The smallest absolute Gasteiger partial charge is 0.249 e. The van der Waals surface area contributed by atoms with Gasteiger partial charge in [-0.15, -0.1) is 0 Å². The van der Waals surface area contributed by atoms with Crippen LogP contribution in [-0.4, -0.2) is 17.9 Å². The molecule has 0 radical (unpaired) electrons. The van der Waals surface area contributed by atoms with E-state index in [1.807, 2.05) is 13.8 Å². The van der Waals surface area contributed by atoms with Crippen LogP contribution in [0, 0.1) is 12.8 Å². The highest BCUT2D eigenvalue weighted by molar-refractivity contribution is 5.98. The van der Waals surface area contributed by atoms with Gasteiger partial charge >= 0.3 is 0 Å². The van der Waals surface area contributed by atoms with Gasteiger partial charge < -0.3 is 16.8 Å². The number of rotatable bonds is 5. The van der Waals surface area contributed by atoms with Gasteiger partial charge in [-0.05, 0) is 30.5 Å². The van der Waals surface area contributed by atoms with E-state index >= 15 is 0 Å². The minimum absolute atomic E-state index is 0.161. The summed E-state index contributed by atoms with van der Waals surface area (Å²) in [6.07, 6.45) is 0.248. The number of nitrogens with one attached hydrogen (secondary N) is 1. The molecule has 0 heterocycles. The second kappa shape index (κ2) is 6.33. The van der Waals surface area contributed by atoms with Crippen molar-refractivity contribution in [3.63, 3.8) is 0 Å². The maximum absolute atomic E-state index is 11.9. The average Bonchev–Trinajstić information content (AvgIpc) is 2.31. The van der Waals surface area contributed by atoms with Crippen LogP contribution >= 0.6 is 0 Å². The van der Waals surface area contributed by atoms with Crippen LogP contribution in [0.15, 0.2) is 18.2 Å². The summed E-state index contributed by atoms with van der Waals surface area (Å²) in [5.74, 6) is -0.429. The first-order chi connectivity index (χ1) is 8.82. The van der Waals surface area contributed by atoms with Gasteiger partial charge in [-0.2, -0.15) is 0 Å². The first-order valence-electron chi connectivity index (χ1n) is 6.27. The molecule has 0 aromatic heterocycles. The van der Waals surface area contributed by atoms with Gasteiger partial charge in [0.05, 0.1) is 0 Å². The van der Waals surface area contributed by atoms with Crippen LogP contribution in [-0.2, 0) is 4.79 Å². The highest BCUT2D eigenvalue weighted by atomic mass is 16.2. The minimum atomic E-state index is -0.507. The van der Waals surface area contributed by atoms with Crippen molar-refractivity contribution in [2.75, 3.05) is 5.32 Å². The van der Waals surface area contributed by atoms with Crippen LogP contribution in [0.4, 0.5) is 5.69 Å². The van der Waals surface area contributed by atoms with Gasteiger partial charge in [0.15, 0.2) is 0 Å². The molecule has 1 aromatic carbocycles. The van der Waals surface area contributed by atoms with E-state index in [9.17, 15) is 9.59 Å². The first kappa shape index (κ1) is 15.2. The summed E-state index contributed by atoms with van der Waals surface area (Å²) in [6, 6.07) is 4.87. The largest absolute Gasteiger partial charge is 0.366 e. The number of amides is 2. The number of benzene rings is 1. The van der Waals surface area contributed by atoms with E-state index in [1.165, 1.54) is 0 Å². The molecule has 104 valence electrons. The van der Waals surface area contributed by atoms with Crippen molar-refractivity contribution in [2.24, 2.45) is 17.4 Å². The topological polar surface area (TPSA) is 98.2 Å². The number of primary amides is 1. The molecule has 0 aliphatic carbocycles. The molecule has 2 amide bonds. The molecule has 0 spiro atoms. The Hall–Kier alpha value is -1.88. The van der Waals surface area contributed by atoms with Crippen molar-refractivity contribution in [3.05, 3.63) is 29.3 Å². The normalized spacial score (nSPS) is 12.3. The van der Waals surface area contributed by atoms with Gasteiger partial charge in [-0.1, -0.05) is 19.9 Å². The predicted octanol–water partition coefficient (Wildman–Crippen LogP) is 1.41. The number of nitrogens with two attached hydrogens (primary N) is 2. The third-order valence-electron chi connectivity index (χ3n) is 3.15. The zero-order valence-corrected chi connectivity index (χ0v) is 11.6. The van der Waals surface area contributed by atoms with Crippen molar-refractivity contribution in [3.8, 4) is 0 Å². The fourth-order valence-corrected chi connectivity index (χ4v) is 1.69. The highest BCUT2D eigenvalue weighted by Gasteiger charge is 2.15. The summed E-state index contributed by atoms with van der Waals surface area (Å²) in [4.78, 5) is 23.1. The summed E-state index contributed by atoms with van der Waals surface area (Å²) < 4.78 is 0. The predicted molar refractivity (Wildman–Crippen MR) is 75.8 cm³/mol. The molecule has 1 unspecified atom stereocenters. The molecule has 0 saturated carbocycles. The summed E-state index contributed by atoms with van der Waals surface area (Å²) in [7, 11) is 0. The van der Waals surface area contributed by atoms with Crippen molar-refractivity contribution in [1.29, 1.82) is 0 Å². The molecule has 19 heavy (non-hydrogen) atoms. The Labute approximate surface area is 113 Å². The van der Waals surface area contributed by atoms with Gasteiger partial charge in [-0.3, -0.25) is 9.59 Å².